The lowest BCUT2D eigenvalue weighted by Gasteiger charge is -2.22. The van der Waals surface area contributed by atoms with Crippen LogP contribution in [0, 0.1) is 5.92 Å². The Morgan fingerprint density at radius 2 is 2.05 bits per heavy atom. The van der Waals surface area contributed by atoms with Crippen molar-refractivity contribution in [2.45, 2.75) is 58.9 Å². The Morgan fingerprint density at radius 1 is 1.35 bits per heavy atom. The van der Waals surface area contributed by atoms with Gasteiger partial charge in [0.15, 0.2) is 0 Å². The first-order valence-electron chi connectivity index (χ1n) is 7.42. The van der Waals surface area contributed by atoms with Crippen molar-refractivity contribution < 1.29 is 4.79 Å². The lowest BCUT2D eigenvalue weighted by atomic mass is 9.93. The van der Waals surface area contributed by atoms with Gasteiger partial charge in [-0.3, -0.25) is 9.59 Å². The van der Waals surface area contributed by atoms with Crippen molar-refractivity contribution in [2.75, 3.05) is 0 Å². The van der Waals surface area contributed by atoms with E-state index in [1.54, 1.807) is 0 Å². The standard InChI is InChI=1S/C16H22ClNO2/c1-11(2)7-8-18-14-6-4-3-5-12(14)9-13(16(18)20)10-15(17)19/h9,11H,3-8,10H2,1-2H3. The smallest absolute Gasteiger partial charge is 0.254 e. The summed E-state index contributed by atoms with van der Waals surface area (Å²) in [5.41, 5.74) is 2.93. The first-order chi connectivity index (χ1) is 9.49. The van der Waals surface area contributed by atoms with E-state index in [2.05, 4.69) is 13.8 Å². The van der Waals surface area contributed by atoms with Gasteiger partial charge in [-0.15, -0.1) is 0 Å². The summed E-state index contributed by atoms with van der Waals surface area (Å²) in [4.78, 5) is 23.7. The van der Waals surface area contributed by atoms with Gasteiger partial charge >= 0.3 is 0 Å². The van der Waals surface area contributed by atoms with Gasteiger partial charge < -0.3 is 4.57 Å². The van der Waals surface area contributed by atoms with Crippen molar-refractivity contribution >= 4 is 16.8 Å². The molecule has 3 nitrogen and oxygen atoms in total. The molecule has 1 heterocycles. The van der Waals surface area contributed by atoms with Gasteiger partial charge in [0.25, 0.3) is 5.56 Å². The fourth-order valence-corrected chi connectivity index (χ4v) is 2.99. The van der Waals surface area contributed by atoms with E-state index < -0.39 is 5.24 Å². The van der Waals surface area contributed by atoms with Gasteiger partial charge in [-0.05, 0) is 61.3 Å². The highest BCUT2D eigenvalue weighted by Crippen LogP contribution is 2.21. The summed E-state index contributed by atoms with van der Waals surface area (Å²) in [6, 6.07) is 1.91. The fourth-order valence-electron chi connectivity index (χ4n) is 2.84. The largest absolute Gasteiger partial charge is 0.312 e. The molecule has 0 unspecified atom stereocenters. The minimum Gasteiger partial charge on any atom is -0.312 e. The van der Waals surface area contributed by atoms with Gasteiger partial charge in [0.05, 0.1) is 6.42 Å². The maximum Gasteiger partial charge on any atom is 0.254 e. The molecular weight excluding hydrogens is 274 g/mol. The molecule has 0 amide bonds. The number of aryl methyl sites for hydroxylation is 1. The van der Waals surface area contributed by atoms with E-state index in [4.69, 9.17) is 11.6 Å². The second-order valence-corrected chi connectivity index (χ2v) is 6.44. The molecule has 4 heteroatoms. The normalized spacial score (nSPS) is 14.4. The Balaban J connectivity index is 2.44. The SMILES string of the molecule is CC(C)CCn1c2c(cc(CC(=O)Cl)c1=O)CCCC2. The average molecular weight is 296 g/mol. The molecule has 0 spiro atoms. The third-order valence-corrected chi connectivity index (χ3v) is 4.07. The molecule has 1 aliphatic carbocycles. The lowest BCUT2D eigenvalue weighted by molar-refractivity contribution is -0.111. The van der Waals surface area contributed by atoms with Crippen LogP contribution in [0.4, 0.5) is 0 Å². The Hall–Kier alpha value is -1.09. The van der Waals surface area contributed by atoms with Crippen LogP contribution in [0.5, 0.6) is 0 Å². The third kappa shape index (κ3) is 3.51. The van der Waals surface area contributed by atoms with Crippen LogP contribution in [-0.4, -0.2) is 9.81 Å². The molecule has 1 aliphatic rings. The van der Waals surface area contributed by atoms with Crippen LogP contribution in [0.1, 0.15) is 49.9 Å². The van der Waals surface area contributed by atoms with Gasteiger partial charge in [-0.1, -0.05) is 13.8 Å². The van der Waals surface area contributed by atoms with Gasteiger partial charge in [-0.25, -0.2) is 0 Å². The molecule has 20 heavy (non-hydrogen) atoms. The molecule has 1 aromatic rings. The van der Waals surface area contributed by atoms with Crippen molar-refractivity contribution in [2.24, 2.45) is 5.92 Å². The van der Waals surface area contributed by atoms with Crippen LogP contribution >= 0.6 is 11.6 Å². The highest BCUT2D eigenvalue weighted by molar-refractivity contribution is 6.63. The van der Waals surface area contributed by atoms with Crippen LogP contribution in [0.2, 0.25) is 0 Å². The molecule has 0 aromatic carbocycles. The number of nitrogens with zero attached hydrogens (tertiary/aromatic N) is 1. The van der Waals surface area contributed by atoms with E-state index in [1.807, 2.05) is 10.6 Å². The quantitative estimate of drug-likeness (QED) is 0.783. The van der Waals surface area contributed by atoms with Gasteiger partial charge in [0, 0.05) is 17.8 Å². The molecule has 2 rings (SSSR count). The van der Waals surface area contributed by atoms with Gasteiger partial charge in [0.1, 0.15) is 0 Å². The Kier molecular flexibility index (Phi) is 5.03. The molecule has 1 aromatic heterocycles. The number of hydrogen-bond donors (Lipinski definition) is 0. The van der Waals surface area contributed by atoms with Crippen molar-refractivity contribution in [1.82, 2.24) is 4.57 Å². The van der Waals surface area contributed by atoms with Crippen LogP contribution < -0.4 is 5.56 Å². The number of rotatable bonds is 5. The number of carbonyl (C=O) groups is 1. The molecule has 0 bridgehead atoms. The summed E-state index contributed by atoms with van der Waals surface area (Å²) < 4.78 is 1.89. The molecule has 0 saturated heterocycles. The summed E-state index contributed by atoms with van der Waals surface area (Å²) in [7, 11) is 0. The number of halogens is 1. The first-order valence-corrected chi connectivity index (χ1v) is 7.79. The topological polar surface area (TPSA) is 39.1 Å². The number of hydrogen-bond acceptors (Lipinski definition) is 2. The number of fused-ring (bicyclic) bond motifs is 1. The van der Waals surface area contributed by atoms with Gasteiger partial charge in [0.2, 0.25) is 5.24 Å². The van der Waals surface area contributed by atoms with Crippen LogP contribution in [0.3, 0.4) is 0 Å². The molecule has 0 N–H and O–H groups in total. The summed E-state index contributed by atoms with van der Waals surface area (Å²) in [5, 5.41) is -0.465. The van der Waals surface area contributed by atoms with Crippen molar-refractivity contribution in [3.8, 4) is 0 Å². The zero-order valence-electron chi connectivity index (χ0n) is 12.2. The van der Waals surface area contributed by atoms with Crippen LogP contribution in [0.15, 0.2) is 10.9 Å². The van der Waals surface area contributed by atoms with E-state index >= 15 is 0 Å². The minimum atomic E-state index is -0.465. The van der Waals surface area contributed by atoms with E-state index in [0.29, 0.717) is 11.5 Å². The maximum atomic E-state index is 12.5. The van der Waals surface area contributed by atoms with E-state index in [9.17, 15) is 9.59 Å². The molecule has 0 radical (unpaired) electrons. The van der Waals surface area contributed by atoms with E-state index in [-0.39, 0.29) is 12.0 Å². The molecule has 110 valence electrons. The second kappa shape index (κ2) is 6.57. The van der Waals surface area contributed by atoms with Gasteiger partial charge in [-0.2, -0.15) is 0 Å². The van der Waals surface area contributed by atoms with Crippen LogP contribution in [0.25, 0.3) is 0 Å². The Morgan fingerprint density at radius 3 is 2.70 bits per heavy atom. The van der Waals surface area contributed by atoms with Crippen molar-refractivity contribution in [1.29, 1.82) is 0 Å². The average Bonchev–Trinajstić information content (AvgIpc) is 2.38. The molecule has 0 fully saturated rings. The predicted octanol–water partition coefficient (Wildman–Crippen LogP) is 3.08. The molecule has 0 saturated carbocycles. The molecule has 0 aliphatic heterocycles. The molecule has 0 atom stereocenters. The number of carbonyl (C=O) groups excluding carboxylic acids is 1. The second-order valence-electron chi connectivity index (χ2n) is 6.02. The number of pyridine rings is 1. The summed E-state index contributed by atoms with van der Waals surface area (Å²) >= 11 is 5.46. The highest BCUT2D eigenvalue weighted by atomic mass is 35.5. The van der Waals surface area contributed by atoms with Crippen molar-refractivity contribution in [3.05, 3.63) is 33.2 Å². The van der Waals surface area contributed by atoms with Crippen LogP contribution in [-0.2, 0) is 30.6 Å². The van der Waals surface area contributed by atoms with E-state index in [1.165, 1.54) is 11.3 Å². The summed E-state index contributed by atoms with van der Waals surface area (Å²) in [6.45, 7) is 5.05. The zero-order chi connectivity index (χ0) is 14.7. The fraction of sp³-hybridized carbons (Fsp3) is 0.625. The predicted molar refractivity (Wildman–Crippen MR) is 81.4 cm³/mol. The maximum absolute atomic E-state index is 12.5. The zero-order valence-corrected chi connectivity index (χ0v) is 13.0. The first kappa shape index (κ1) is 15.3. The van der Waals surface area contributed by atoms with Crippen molar-refractivity contribution in [3.63, 3.8) is 0 Å². The lowest BCUT2D eigenvalue weighted by Crippen LogP contribution is -2.30. The minimum absolute atomic E-state index is 0.0275. The Labute approximate surface area is 124 Å². The Bertz CT molecular complexity index is 560. The number of aromatic nitrogens is 1. The summed E-state index contributed by atoms with van der Waals surface area (Å²) in [5.74, 6) is 0.555. The molecular formula is C16H22ClNO2. The third-order valence-electron chi connectivity index (χ3n) is 3.93. The van der Waals surface area contributed by atoms with E-state index in [0.717, 1.165) is 38.6 Å². The monoisotopic (exact) mass is 295 g/mol. The summed E-state index contributed by atoms with van der Waals surface area (Å²) in [6.07, 6.45) is 5.28. The highest BCUT2D eigenvalue weighted by Gasteiger charge is 2.18.